The van der Waals surface area contributed by atoms with Crippen LogP contribution in [0.25, 0.3) is 0 Å². The van der Waals surface area contributed by atoms with Gasteiger partial charge < -0.3 is 20.5 Å². The van der Waals surface area contributed by atoms with Crippen LogP contribution in [0.15, 0.2) is 24.3 Å². The largest absolute Gasteiger partial charge is 0.489 e. The first-order valence-electron chi connectivity index (χ1n) is 7.59. The first-order valence-corrected chi connectivity index (χ1v) is 7.97. The molecule has 1 saturated heterocycles. The minimum atomic E-state index is -0.480. The summed E-state index contributed by atoms with van der Waals surface area (Å²) in [5.74, 6) is 0.791. The summed E-state index contributed by atoms with van der Waals surface area (Å²) < 4.78 is 11.0. The van der Waals surface area contributed by atoms with Gasteiger partial charge in [0.15, 0.2) is 0 Å². The van der Waals surface area contributed by atoms with Crippen LogP contribution in [0.3, 0.4) is 0 Å². The molecule has 1 heterocycles. The molecule has 2 atom stereocenters. The van der Waals surface area contributed by atoms with E-state index in [2.05, 4.69) is 5.32 Å². The fraction of sp³-hybridized carbons (Fsp3) is 0.562. The van der Waals surface area contributed by atoms with Gasteiger partial charge in [0.05, 0.1) is 12.6 Å². The van der Waals surface area contributed by atoms with Crippen molar-refractivity contribution in [2.45, 2.75) is 31.9 Å². The predicted molar refractivity (Wildman–Crippen MR) is 86.1 cm³/mol. The standard InChI is InChI=1S/C16H23ClN2O3/c1-11(22-14-4-2-13(17)3-5-14)10-19-16(20)15(18)12-6-8-21-9-7-12/h2-5,11-12,15H,6-10,18H2,1H3,(H,19,20). The molecule has 0 radical (unpaired) electrons. The van der Waals surface area contributed by atoms with E-state index < -0.39 is 6.04 Å². The van der Waals surface area contributed by atoms with E-state index in [4.69, 9.17) is 26.8 Å². The second-order valence-corrected chi connectivity index (χ2v) is 6.04. The Balaban J connectivity index is 1.73. The van der Waals surface area contributed by atoms with Crippen LogP contribution >= 0.6 is 11.6 Å². The molecular weight excluding hydrogens is 304 g/mol. The van der Waals surface area contributed by atoms with Crippen LogP contribution in [0.2, 0.25) is 5.02 Å². The molecule has 1 aliphatic rings. The van der Waals surface area contributed by atoms with Gasteiger partial charge in [-0.05, 0) is 49.9 Å². The molecule has 1 fully saturated rings. The summed E-state index contributed by atoms with van der Waals surface area (Å²) in [4.78, 5) is 12.1. The molecule has 1 aliphatic heterocycles. The van der Waals surface area contributed by atoms with Gasteiger partial charge in [-0.15, -0.1) is 0 Å². The molecule has 122 valence electrons. The fourth-order valence-electron chi connectivity index (χ4n) is 2.44. The molecule has 1 aromatic carbocycles. The van der Waals surface area contributed by atoms with Gasteiger partial charge in [0.1, 0.15) is 11.9 Å². The van der Waals surface area contributed by atoms with Crippen LogP contribution in [-0.2, 0) is 9.53 Å². The highest BCUT2D eigenvalue weighted by Crippen LogP contribution is 2.18. The molecule has 0 aromatic heterocycles. The van der Waals surface area contributed by atoms with Crippen LogP contribution in [-0.4, -0.2) is 37.8 Å². The Kier molecular flexibility index (Phi) is 6.49. The Morgan fingerprint density at radius 1 is 1.41 bits per heavy atom. The minimum Gasteiger partial charge on any atom is -0.489 e. The van der Waals surface area contributed by atoms with E-state index in [1.807, 2.05) is 6.92 Å². The van der Waals surface area contributed by atoms with E-state index in [9.17, 15) is 4.79 Å². The molecule has 5 nitrogen and oxygen atoms in total. The van der Waals surface area contributed by atoms with Gasteiger partial charge in [0, 0.05) is 18.2 Å². The highest BCUT2D eigenvalue weighted by atomic mass is 35.5. The Bertz CT molecular complexity index is 475. The van der Waals surface area contributed by atoms with Crippen LogP contribution in [0.4, 0.5) is 0 Å². The number of nitrogens with two attached hydrogens (primary N) is 1. The second-order valence-electron chi connectivity index (χ2n) is 5.60. The molecule has 2 rings (SSSR count). The summed E-state index contributed by atoms with van der Waals surface area (Å²) >= 11 is 5.82. The minimum absolute atomic E-state index is 0.126. The number of nitrogens with one attached hydrogen (secondary N) is 1. The van der Waals surface area contributed by atoms with Gasteiger partial charge in [-0.1, -0.05) is 11.6 Å². The summed E-state index contributed by atoms with van der Waals surface area (Å²) in [6.07, 6.45) is 1.53. The van der Waals surface area contributed by atoms with Crippen LogP contribution in [0, 0.1) is 5.92 Å². The Morgan fingerprint density at radius 2 is 2.05 bits per heavy atom. The lowest BCUT2D eigenvalue weighted by Gasteiger charge is -2.27. The Morgan fingerprint density at radius 3 is 2.68 bits per heavy atom. The van der Waals surface area contributed by atoms with Crippen LogP contribution in [0.5, 0.6) is 5.75 Å². The van der Waals surface area contributed by atoms with Crippen molar-refractivity contribution in [3.63, 3.8) is 0 Å². The van der Waals surface area contributed by atoms with Crippen molar-refractivity contribution >= 4 is 17.5 Å². The van der Waals surface area contributed by atoms with Gasteiger partial charge in [-0.3, -0.25) is 4.79 Å². The van der Waals surface area contributed by atoms with Gasteiger partial charge in [0.25, 0.3) is 0 Å². The summed E-state index contributed by atoms with van der Waals surface area (Å²) in [7, 11) is 0. The molecule has 0 bridgehead atoms. The van der Waals surface area contributed by atoms with Crippen molar-refractivity contribution in [1.29, 1.82) is 0 Å². The number of hydrogen-bond donors (Lipinski definition) is 2. The molecule has 6 heteroatoms. The summed E-state index contributed by atoms with van der Waals surface area (Å²) in [5, 5.41) is 3.52. The SMILES string of the molecule is CC(CNC(=O)C(N)C1CCOCC1)Oc1ccc(Cl)cc1. The van der Waals surface area contributed by atoms with E-state index in [0.29, 0.717) is 24.8 Å². The third-order valence-corrected chi connectivity index (χ3v) is 4.04. The highest BCUT2D eigenvalue weighted by molar-refractivity contribution is 6.30. The zero-order valence-electron chi connectivity index (χ0n) is 12.8. The van der Waals surface area contributed by atoms with Gasteiger partial charge in [-0.25, -0.2) is 0 Å². The number of rotatable bonds is 6. The van der Waals surface area contributed by atoms with Crippen molar-refractivity contribution in [3.05, 3.63) is 29.3 Å². The normalized spacial score (nSPS) is 18.5. The maximum absolute atomic E-state index is 12.1. The number of amides is 1. The Labute approximate surface area is 136 Å². The maximum atomic E-state index is 12.1. The van der Waals surface area contributed by atoms with E-state index in [-0.39, 0.29) is 17.9 Å². The average molecular weight is 327 g/mol. The molecule has 0 saturated carbocycles. The van der Waals surface area contributed by atoms with Crippen LogP contribution < -0.4 is 15.8 Å². The molecule has 1 amide bonds. The molecule has 0 aliphatic carbocycles. The van der Waals surface area contributed by atoms with Gasteiger partial charge in [-0.2, -0.15) is 0 Å². The van der Waals surface area contributed by atoms with Crippen molar-refractivity contribution in [3.8, 4) is 5.75 Å². The molecule has 22 heavy (non-hydrogen) atoms. The van der Waals surface area contributed by atoms with E-state index >= 15 is 0 Å². The number of halogens is 1. The lowest BCUT2D eigenvalue weighted by molar-refractivity contribution is -0.124. The van der Waals surface area contributed by atoms with E-state index in [0.717, 1.165) is 18.6 Å². The predicted octanol–water partition coefficient (Wildman–Crippen LogP) is 1.98. The fourth-order valence-corrected chi connectivity index (χ4v) is 2.56. The molecule has 3 N–H and O–H groups in total. The van der Waals surface area contributed by atoms with Gasteiger partial charge >= 0.3 is 0 Å². The van der Waals surface area contributed by atoms with Gasteiger partial charge in [0.2, 0.25) is 5.91 Å². The molecule has 2 unspecified atom stereocenters. The lowest BCUT2D eigenvalue weighted by atomic mass is 9.92. The number of carbonyl (C=O) groups is 1. The quantitative estimate of drug-likeness (QED) is 0.838. The van der Waals surface area contributed by atoms with Crippen molar-refractivity contribution < 1.29 is 14.3 Å². The third-order valence-electron chi connectivity index (χ3n) is 3.79. The monoisotopic (exact) mass is 326 g/mol. The molecular formula is C16H23ClN2O3. The smallest absolute Gasteiger partial charge is 0.237 e. The second kappa shape index (κ2) is 8.36. The van der Waals surface area contributed by atoms with Crippen molar-refractivity contribution in [2.24, 2.45) is 11.7 Å². The number of carbonyl (C=O) groups excluding carboxylic acids is 1. The first-order chi connectivity index (χ1) is 10.6. The average Bonchev–Trinajstić information content (AvgIpc) is 2.55. The van der Waals surface area contributed by atoms with Crippen molar-refractivity contribution in [2.75, 3.05) is 19.8 Å². The first kappa shape index (κ1) is 17.1. The van der Waals surface area contributed by atoms with Crippen molar-refractivity contribution in [1.82, 2.24) is 5.32 Å². The number of benzene rings is 1. The molecule has 1 aromatic rings. The van der Waals surface area contributed by atoms with Crippen LogP contribution in [0.1, 0.15) is 19.8 Å². The summed E-state index contributed by atoms with van der Waals surface area (Å²) in [6.45, 7) is 3.68. The number of ether oxygens (including phenoxy) is 2. The zero-order chi connectivity index (χ0) is 15.9. The zero-order valence-corrected chi connectivity index (χ0v) is 13.5. The topological polar surface area (TPSA) is 73.6 Å². The molecule has 0 spiro atoms. The third kappa shape index (κ3) is 5.16. The van der Waals surface area contributed by atoms with E-state index in [1.165, 1.54) is 0 Å². The lowest BCUT2D eigenvalue weighted by Crippen LogP contribution is -2.48. The van der Waals surface area contributed by atoms with E-state index in [1.54, 1.807) is 24.3 Å². The summed E-state index contributed by atoms with van der Waals surface area (Å²) in [5.41, 5.74) is 6.02. The highest BCUT2D eigenvalue weighted by Gasteiger charge is 2.26. The number of hydrogen-bond acceptors (Lipinski definition) is 4. The maximum Gasteiger partial charge on any atom is 0.237 e. The Hall–Kier alpha value is -1.30. The summed E-state index contributed by atoms with van der Waals surface area (Å²) in [6, 6.07) is 6.65.